The molecule has 0 aliphatic carbocycles. The molecule has 1 fully saturated rings. The predicted octanol–water partition coefficient (Wildman–Crippen LogP) is 5.04. The van der Waals surface area contributed by atoms with Gasteiger partial charge in [-0.2, -0.15) is 4.99 Å². The maximum Gasteiger partial charge on any atom is 0.286 e. The van der Waals surface area contributed by atoms with Crippen LogP contribution in [0.4, 0.5) is 0 Å². The Morgan fingerprint density at radius 1 is 1.07 bits per heavy atom. The number of amides is 1. The van der Waals surface area contributed by atoms with Gasteiger partial charge in [0.2, 0.25) is 0 Å². The highest BCUT2D eigenvalue weighted by Crippen LogP contribution is 2.34. The number of piperidine rings is 1. The molecule has 2 heterocycles. The van der Waals surface area contributed by atoms with E-state index in [1.54, 1.807) is 7.11 Å². The Kier molecular flexibility index (Phi) is 6.43. The lowest BCUT2D eigenvalue weighted by Gasteiger charge is -2.27. The molecule has 6 heteroatoms. The van der Waals surface area contributed by atoms with Gasteiger partial charge in [-0.1, -0.05) is 35.9 Å². The number of rotatable bonds is 5. The van der Waals surface area contributed by atoms with Crippen LogP contribution in [0.25, 0.3) is 6.08 Å². The van der Waals surface area contributed by atoms with Crippen LogP contribution in [0.5, 0.6) is 11.5 Å². The maximum atomic E-state index is 12.4. The van der Waals surface area contributed by atoms with Crippen molar-refractivity contribution in [3.05, 3.63) is 64.1 Å². The van der Waals surface area contributed by atoms with Gasteiger partial charge in [-0.05, 0) is 67.3 Å². The summed E-state index contributed by atoms with van der Waals surface area (Å²) in [7, 11) is 1.62. The number of thioether (sulfide) groups is 1. The summed E-state index contributed by atoms with van der Waals surface area (Å²) < 4.78 is 11.5. The molecule has 0 radical (unpaired) electrons. The number of methoxy groups -OCH3 is 1. The molecular weight excluding hydrogens is 396 g/mol. The number of carbonyl (C=O) groups is 1. The second-order valence-electron chi connectivity index (χ2n) is 7.54. The monoisotopic (exact) mass is 422 g/mol. The van der Waals surface area contributed by atoms with Gasteiger partial charge in [-0.25, -0.2) is 0 Å². The average Bonchev–Trinajstić information content (AvgIpc) is 3.14. The van der Waals surface area contributed by atoms with Gasteiger partial charge in [0.15, 0.2) is 16.7 Å². The van der Waals surface area contributed by atoms with Crippen LogP contribution in [0.3, 0.4) is 0 Å². The van der Waals surface area contributed by atoms with Crippen molar-refractivity contribution < 1.29 is 14.3 Å². The largest absolute Gasteiger partial charge is 0.493 e. The van der Waals surface area contributed by atoms with Gasteiger partial charge >= 0.3 is 0 Å². The van der Waals surface area contributed by atoms with Crippen LogP contribution in [0.2, 0.25) is 0 Å². The Morgan fingerprint density at radius 2 is 1.83 bits per heavy atom. The molecule has 0 unspecified atom stereocenters. The van der Waals surface area contributed by atoms with E-state index in [2.05, 4.69) is 41.1 Å². The second kappa shape index (κ2) is 9.39. The molecule has 30 heavy (non-hydrogen) atoms. The van der Waals surface area contributed by atoms with E-state index in [4.69, 9.17) is 9.47 Å². The van der Waals surface area contributed by atoms with Crippen LogP contribution in [0.15, 0.2) is 52.4 Å². The number of likely N-dealkylation sites (tertiary alicyclic amines) is 1. The van der Waals surface area contributed by atoms with Crippen LogP contribution in [0, 0.1) is 6.92 Å². The lowest BCUT2D eigenvalue weighted by molar-refractivity contribution is -0.113. The normalized spacial score (nSPS) is 17.9. The minimum absolute atomic E-state index is 0.167. The van der Waals surface area contributed by atoms with E-state index >= 15 is 0 Å². The molecule has 0 bridgehead atoms. The summed E-state index contributed by atoms with van der Waals surface area (Å²) in [4.78, 5) is 19.5. The summed E-state index contributed by atoms with van der Waals surface area (Å²) in [6.45, 7) is 4.49. The molecule has 1 amide bonds. The highest BCUT2D eigenvalue weighted by molar-refractivity contribution is 8.18. The van der Waals surface area contributed by atoms with Gasteiger partial charge in [0, 0.05) is 13.1 Å². The van der Waals surface area contributed by atoms with Crippen LogP contribution < -0.4 is 9.47 Å². The minimum atomic E-state index is -0.167. The molecule has 2 aliphatic rings. The van der Waals surface area contributed by atoms with Crippen molar-refractivity contribution in [1.82, 2.24) is 4.90 Å². The van der Waals surface area contributed by atoms with Crippen LogP contribution >= 0.6 is 11.8 Å². The number of hydrogen-bond acceptors (Lipinski definition) is 5. The number of ether oxygens (including phenoxy) is 2. The van der Waals surface area contributed by atoms with Gasteiger partial charge in [0.25, 0.3) is 5.91 Å². The SMILES string of the molecule is COc1cc(/C=C2\SC(N3CCCCC3)=NC2=O)ccc1OCc1ccc(C)cc1. The number of hydrogen-bond donors (Lipinski definition) is 0. The first-order valence-corrected chi connectivity index (χ1v) is 11.1. The van der Waals surface area contributed by atoms with E-state index in [1.807, 2.05) is 24.3 Å². The van der Waals surface area contributed by atoms with Crippen molar-refractivity contribution >= 4 is 28.9 Å². The summed E-state index contributed by atoms with van der Waals surface area (Å²) in [5.41, 5.74) is 3.21. The number of aliphatic imine (C=N–C) groups is 1. The molecule has 1 saturated heterocycles. The molecule has 0 atom stereocenters. The van der Waals surface area contributed by atoms with E-state index in [0.29, 0.717) is 23.0 Å². The van der Waals surface area contributed by atoms with Crippen LogP contribution in [-0.4, -0.2) is 36.2 Å². The molecule has 5 nitrogen and oxygen atoms in total. The number of carbonyl (C=O) groups excluding carboxylic acids is 1. The molecular formula is C24H26N2O3S. The van der Waals surface area contributed by atoms with Gasteiger partial charge in [0.05, 0.1) is 12.0 Å². The van der Waals surface area contributed by atoms with Gasteiger partial charge in [-0.15, -0.1) is 0 Å². The van der Waals surface area contributed by atoms with E-state index in [9.17, 15) is 4.79 Å². The average molecular weight is 423 g/mol. The van der Waals surface area contributed by atoms with Crippen molar-refractivity contribution in [2.24, 2.45) is 4.99 Å². The first-order valence-electron chi connectivity index (χ1n) is 10.3. The lowest BCUT2D eigenvalue weighted by Crippen LogP contribution is -2.33. The van der Waals surface area contributed by atoms with E-state index in [-0.39, 0.29) is 5.91 Å². The maximum absolute atomic E-state index is 12.4. The molecule has 0 aromatic heterocycles. The number of aryl methyl sites for hydroxylation is 1. The summed E-state index contributed by atoms with van der Waals surface area (Å²) in [6.07, 6.45) is 5.45. The van der Waals surface area contributed by atoms with E-state index in [0.717, 1.165) is 42.2 Å². The zero-order valence-electron chi connectivity index (χ0n) is 17.4. The molecule has 0 spiro atoms. The molecule has 0 saturated carbocycles. The van der Waals surface area contributed by atoms with Gasteiger partial charge < -0.3 is 14.4 Å². The summed E-state index contributed by atoms with van der Waals surface area (Å²) >= 11 is 1.46. The fourth-order valence-electron chi connectivity index (χ4n) is 3.51. The Balaban J connectivity index is 1.44. The minimum Gasteiger partial charge on any atom is -0.493 e. The smallest absolute Gasteiger partial charge is 0.286 e. The van der Waals surface area contributed by atoms with Crippen LogP contribution in [0.1, 0.15) is 36.0 Å². The van der Waals surface area contributed by atoms with Crippen LogP contribution in [-0.2, 0) is 11.4 Å². The first-order chi connectivity index (χ1) is 14.6. The topological polar surface area (TPSA) is 51.1 Å². The molecule has 2 aromatic rings. The summed E-state index contributed by atoms with van der Waals surface area (Å²) in [5, 5.41) is 0.830. The molecule has 2 aliphatic heterocycles. The van der Waals surface area contributed by atoms with E-state index in [1.165, 1.54) is 23.7 Å². The molecule has 156 valence electrons. The Bertz CT molecular complexity index is 976. The highest BCUT2D eigenvalue weighted by atomic mass is 32.2. The molecule has 2 aromatic carbocycles. The van der Waals surface area contributed by atoms with Crippen molar-refractivity contribution in [3.63, 3.8) is 0 Å². The second-order valence-corrected chi connectivity index (χ2v) is 8.55. The third-order valence-electron chi connectivity index (χ3n) is 5.24. The lowest BCUT2D eigenvalue weighted by atomic mass is 10.1. The quantitative estimate of drug-likeness (QED) is 0.632. The number of nitrogens with zero attached hydrogens (tertiary/aromatic N) is 2. The van der Waals surface area contributed by atoms with Crippen molar-refractivity contribution in [1.29, 1.82) is 0 Å². The van der Waals surface area contributed by atoms with Crippen molar-refractivity contribution in [3.8, 4) is 11.5 Å². The third kappa shape index (κ3) is 4.87. The van der Waals surface area contributed by atoms with Gasteiger partial charge in [-0.3, -0.25) is 4.79 Å². The predicted molar refractivity (Wildman–Crippen MR) is 122 cm³/mol. The fourth-order valence-corrected chi connectivity index (χ4v) is 4.47. The summed E-state index contributed by atoms with van der Waals surface area (Å²) in [5.74, 6) is 1.15. The number of amidine groups is 1. The molecule has 0 N–H and O–H groups in total. The fraction of sp³-hybridized carbons (Fsp3) is 0.333. The Labute approximate surface area is 181 Å². The van der Waals surface area contributed by atoms with Crippen molar-refractivity contribution in [2.75, 3.05) is 20.2 Å². The first kappa shape index (κ1) is 20.5. The van der Waals surface area contributed by atoms with Crippen molar-refractivity contribution in [2.45, 2.75) is 32.8 Å². The third-order valence-corrected chi connectivity index (χ3v) is 6.28. The number of benzene rings is 2. The zero-order valence-corrected chi connectivity index (χ0v) is 18.2. The van der Waals surface area contributed by atoms with Gasteiger partial charge in [0.1, 0.15) is 6.61 Å². The molecule has 4 rings (SSSR count). The highest BCUT2D eigenvalue weighted by Gasteiger charge is 2.27. The zero-order chi connectivity index (χ0) is 20.9. The Morgan fingerprint density at radius 3 is 2.57 bits per heavy atom. The summed E-state index contributed by atoms with van der Waals surface area (Å²) in [6, 6.07) is 14.0. The van der Waals surface area contributed by atoms with E-state index < -0.39 is 0 Å². The standard InChI is InChI=1S/C24H26N2O3S/c1-17-6-8-18(9-7-17)16-29-20-11-10-19(14-21(20)28-2)15-22-23(27)25-24(30-22)26-12-4-3-5-13-26/h6-11,14-15H,3-5,12-13,16H2,1-2H3/b22-15-. The Hall–Kier alpha value is -2.73.